The van der Waals surface area contributed by atoms with Gasteiger partial charge in [0.25, 0.3) is 0 Å². The van der Waals surface area contributed by atoms with E-state index in [1.807, 2.05) is 6.20 Å². The van der Waals surface area contributed by atoms with Crippen molar-refractivity contribution in [3.05, 3.63) is 28.5 Å². The van der Waals surface area contributed by atoms with E-state index in [1.165, 1.54) is 26.1 Å². The quantitative estimate of drug-likeness (QED) is 0.850. The summed E-state index contributed by atoms with van der Waals surface area (Å²) in [4.78, 5) is 9.20. The first kappa shape index (κ1) is 13.0. The van der Waals surface area contributed by atoms with Crippen molar-refractivity contribution < 1.29 is 0 Å². The maximum absolute atomic E-state index is 4.41. The predicted octanol–water partition coefficient (Wildman–Crippen LogP) is 2.23. The Hall–Kier alpha value is -0.450. The van der Waals surface area contributed by atoms with Crippen LogP contribution in [0.2, 0.25) is 0 Å². The van der Waals surface area contributed by atoms with Gasteiger partial charge in [-0.25, -0.2) is 0 Å². The highest BCUT2D eigenvalue weighted by molar-refractivity contribution is 9.10. The van der Waals surface area contributed by atoms with Gasteiger partial charge >= 0.3 is 0 Å². The summed E-state index contributed by atoms with van der Waals surface area (Å²) in [6.45, 7) is 4.59. The van der Waals surface area contributed by atoms with Crippen LogP contribution in [-0.2, 0) is 6.54 Å². The SMILES string of the molecule is CN1CCC(CN(C)Cc2ccc(Br)cn2)C1. The van der Waals surface area contributed by atoms with Crippen molar-refractivity contribution in [2.45, 2.75) is 13.0 Å². The second kappa shape index (κ2) is 5.94. The molecule has 0 aromatic carbocycles. The van der Waals surface area contributed by atoms with Crippen LogP contribution in [0.25, 0.3) is 0 Å². The normalized spacial score (nSPS) is 21.3. The average Bonchev–Trinajstić information content (AvgIpc) is 2.67. The minimum absolute atomic E-state index is 0.820. The molecule has 0 radical (unpaired) electrons. The fraction of sp³-hybridized carbons (Fsp3) is 0.615. The highest BCUT2D eigenvalue weighted by Crippen LogP contribution is 2.16. The van der Waals surface area contributed by atoms with E-state index in [0.717, 1.165) is 22.6 Å². The van der Waals surface area contributed by atoms with Crippen molar-refractivity contribution in [2.75, 3.05) is 33.7 Å². The Kier molecular flexibility index (Phi) is 4.54. The lowest BCUT2D eigenvalue weighted by atomic mass is 10.1. The zero-order chi connectivity index (χ0) is 12.3. The number of halogens is 1. The first-order valence-corrected chi connectivity index (χ1v) is 6.90. The molecule has 1 aliphatic heterocycles. The number of aromatic nitrogens is 1. The van der Waals surface area contributed by atoms with Gasteiger partial charge in [-0.2, -0.15) is 0 Å². The Bertz CT molecular complexity index is 352. The monoisotopic (exact) mass is 297 g/mol. The Morgan fingerprint density at radius 1 is 1.53 bits per heavy atom. The molecule has 3 nitrogen and oxygen atoms in total. The molecule has 17 heavy (non-hydrogen) atoms. The summed E-state index contributed by atoms with van der Waals surface area (Å²) < 4.78 is 1.04. The molecule has 0 aliphatic carbocycles. The second-order valence-corrected chi connectivity index (χ2v) is 6.00. The summed E-state index contributed by atoms with van der Waals surface area (Å²) in [6, 6.07) is 4.14. The molecule has 0 N–H and O–H groups in total. The van der Waals surface area contributed by atoms with Crippen LogP contribution in [0.5, 0.6) is 0 Å². The third-order valence-electron chi connectivity index (χ3n) is 3.28. The minimum atomic E-state index is 0.820. The molecule has 1 atom stereocenters. The third kappa shape index (κ3) is 4.05. The van der Waals surface area contributed by atoms with E-state index in [1.54, 1.807) is 0 Å². The van der Waals surface area contributed by atoms with Crippen molar-refractivity contribution in [3.63, 3.8) is 0 Å². The lowest BCUT2D eigenvalue weighted by molar-refractivity contribution is 0.265. The smallest absolute Gasteiger partial charge is 0.0544 e. The van der Waals surface area contributed by atoms with E-state index in [-0.39, 0.29) is 0 Å². The Morgan fingerprint density at radius 2 is 2.35 bits per heavy atom. The van der Waals surface area contributed by atoms with Gasteiger partial charge < -0.3 is 9.80 Å². The summed E-state index contributed by atoms with van der Waals surface area (Å²) in [5.41, 5.74) is 1.14. The molecule has 0 amide bonds. The van der Waals surface area contributed by atoms with Gasteiger partial charge in [0.2, 0.25) is 0 Å². The van der Waals surface area contributed by atoms with Crippen LogP contribution in [0.15, 0.2) is 22.8 Å². The van der Waals surface area contributed by atoms with Crippen LogP contribution in [-0.4, -0.2) is 48.5 Å². The summed E-state index contributed by atoms with van der Waals surface area (Å²) in [5.74, 6) is 0.820. The van der Waals surface area contributed by atoms with Crippen LogP contribution in [0.4, 0.5) is 0 Å². The standard InChI is InChI=1S/C13H20BrN3/c1-16-6-5-11(8-16)9-17(2)10-13-4-3-12(14)7-15-13/h3-4,7,11H,5-6,8-10H2,1-2H3. The molecule has 0 saturated carbocycles. The van der Waals surface area contributed by atoms with Crippen LogP contribution in [0.1, 0.15) is 12.1 Å². The van der Waals surface area contributed by atoms with Crippen molar-refractivity contribution >= 4 is 15.9 Å². The summed E-state index contributed by atoms with van der Waals surface area (Å²) in [7, 11) is 4.39. The molecule has 0 spiro atoms. The maximum Gasteiger partial charge on any atom is 0.0544 e. The number of pyridine rings is 1. The molecule has 1 aliphatic rings. The fourth-order valence-corrected chi connectivity index (χ4v) is 2.69. The first-order valence-electron chi connectivity index (χ1n) is 6.11. The van der Waals surface area contributed by atoms with Gasteiger partial charge in [0.1, 0.15) is 0 Å². The van der Waals surface area contributed by atoms with Crippen LogP contribution in [0, 0.1) is 5.92 Å². The average molecular weight is 298 g/mol. The maximum atomic E-state index is 4.41. The summed E-state index contributed by atoms with van der Waals surface area (Å²) in [6.07, 6.45) is 3.20. The number of hydrogen-bond donors (Lipinski definition) is 0. The van der Waals surface area contributed by atoms with Gasteiger partial charge in [-0.3, -0.25) is 4.98 Å². The first-order chi connectivity index (χ1) is 8.13. The van der Waals surface area contributed by atoms with Gasteiger partial charge in [-0.15, -0.1) is 0 Å². The van der Waals surface area contributed by atoms with Gasteiger partial charge in [0.05, 0.1) is 5.69 Å². The molecule has 2 rings (SSSR count). The van der Waals surface area contributed by atoms with E-state index < -0.39 is 0 Å². The van der Waals surface area contributed by atoms with Crippen molar-refractivity contribution in [1.29, 1.82) is 0 Å². The summed E-state index contributed by atoms with van der Waals surface area (Å²) in [5, 5.41) is 0. The second-order valence-electron chi connectivity index (χ2n) is 5.08. The third-order valence-corrected chi connectivity index (χ3v) is 3.75. The van der Waals surface area contributed by atoms with Crippen molar-refractivity contribution in [1.82, 2.24) is 14.8 Å². The molecule has 4 heteroatoms. The zero-order valence-electron chi connectivity index (χ0n) is 10.6. The van der Waals surface area contributed by atoms with Gasteiger partial charge in [0, 0.05) is 30.3 Å². The molecule has 1 fully saturated rings. The van der Waals surface area contributed by atoms with E-state index in [2.05, 4.69) is 56.9 Å². The van der Waals surface area contributed by atoms with Crippen LogP contribution in [0.3, 0.4) is 0 Å². The van der Waals surface area contributed by atoms with Crippen molar-refractivity contribution in [3.8, 4) is 0 Å². The van der Waals surface area contributed by atoms with Crippen LogP contribution < -0.4 is 0 Å². The van der Waals surface area contributed by atoms with E-state index in [4.69, 9.17) is 0 Å². The Balaban J connectivity index is 1.80. The predicted molar refractivity (Wildman–Crippen MR) is 73.9 cm³/mol. The Morgan fingerprint density at radius 3 is 2.94 bits per heavy atom. The molecule has 1 aromatic rings. The van der Waals surface area contributed by atoms with Gasteiger partial charge in [-0.05, 0) is 61.0 Å². The highest BCUT2D eigenvalue weighted by Gasteiger charge is 2.20. The van der Waals surface area contributed by atoms with Gasteiger partial charge in [-0.1, -0.05) is 0 Å². The molecule has 1 unspecified atom stereocenters. The molecule has 94 valence electrons. The Labute approximate surface area is 112 Å². The van der Waals surface area contributed by atoms with E-state index in [0.29, 0.717) is 0 Å². The summed E-state index contributed by atoms with van der Waals surface area (Å²) >= 11 is 3.41. The van der Waals surface area contributed by atoms with E-state index >= 15 is 0 Å². The molecule has 0 bridgehead atoms. The molecule has 1 aromatic heterocycles. The van der Waals surface area contributed by atoms with Gasteiger partial charge in [0.15, 0.2) is 0 Å². The highest BCUT2D eigenvalue weighted by atomic mass is 79.9. The molecular formula is C13H20BrN3. The topological polar surface area (TPSA) is 19.4 Å². The zero-order valence-corrected chi connectivity index (χ0v) is 12.2. The number of rotatable bonds is 4. The number of hydrogen-bond acceptors (Lipinski definition) is 3. The van der Waals surface area contributed by atoms with Crippen LogP contribution >= 0.6 is 15.9 Å². The lowest BCUT2D eigenvalue weighted by Gasteiger charge is -2.20. The molecule has 1 saturated heterocycles. The molecule has 2 heterocycles. The molecular weight excluding hydrogens is 278 g/mol. The van der Waals surface area contributed by atoms with E-state index in [9.17, 15) is 0 Å². The minimum Gasteiger partial charge on any atom is -0.306 e. The number of likely N-dealkylation sites (tertiary alicyclic amines) is 1. The fourth-order valence-electron chi connectivity index (χ4n) is 2.46. The van der Waals surface area contributed by atoms with Crippen molar-refractivity contribution in [2.24, 2.45) is 5.92 Å². The largest absolute Gasteiger partial charge is 0.306 e. The number of nitrogens with zero attached hydrogens (tertiary/aromatic N) is 3. The lowest BCUT2D eigenvalue weighted by Crippen LogP contribution is -2.27.